The highest BCUT2D eigenvalue weighted by molar-refractivity contribution is 9.10. The molecule has 2 aromatic rings. The molecule has 0 saturated carbocycles. The Morgan fingerprint density at radius 1 is 1.15 bits per heavy atom. The highest BCUT2D eigenvalue weighted by Crippen LogP contribution is 2.36. The van der Waals surface area contributed by atoms with Crippen LogP contribution in [-0.2, 0) is 0 Å². The number of hydrogen-bond acceptors (Lipinski definition) is 2. The lowest BCUT2D eigenvalue weighted by Gasteiger charge is -2.24. The first kappa shape index (κ1) is 14.1. The van der Waals surface area contributed by atoms with Crippen LogP contribution in [0.4, 0.5) is 0 Å². The molecule has 0 aliphatic carbocycles. The first-order valence-corrected chi connectivity index (χ1v) is 8.04. The SMILES string of the molecule is Clc1cc(Br)ccc1-c1cccnc1C1CCNCC1. The first-order valence-electron chi connectivity index (χ1n) is 6.87. The van der Waals surface area contributed by atoms with Gasteiger partial charge in [-0.3, -0.25) is 4.98 Å². The third kappa shape index (κ3) is 2.90. The van der Waals surface area contributed by atoms with Gasteiger partial charge in [-0.2, -0.15) is 0 Å². The quantitative estimate of drug-likeness (QED) is 0.853. The van der Waals surface area contributed by atoms with Gasteiger partial charge in [0.2, 0.25) is 0 Å². The largest absolute Gasteiger partial charge is 0.317 e. The van der Waals surface area contributed by atoms with Gasteiger partial charge in [-0.05, 0) is 44.1 Å². The molecule has 0 unspecified atom stereocenters. The van der Waals surface area contributed by atoms with E-state index in [1.807, 2.05) is 24.4 Å². The van der Waals surface area contributed by atoms with Gasteiger partial charge < -0.3 is 5.32 Å². The Morgan fingerprint density at radius 2 is 1.95 bits per heavy atom. The second kappa shape index (κ2) is 6.25. The van der Waals surface area contributed by atoms with Gasteiger partial charge in [0.1, 0.15) is 0 Å². The summed E-state index contributed by atoms with van der Waals surface area (Å²) in [6.45, 7) is 2.13. The summed E-state index contributed by atoms with van der Waals surface area (Å²) in [7, 11) is 0. The summed E-state index contributed by atoms with van der Waals surface area (Å²) in [5, 5.41) is 4.17. The van der Waals surface area contributed by atoms with Gasteiger partial charge in [0.05, 0.1) is 5.69 Å². The highest BCUT2D eigenvalue weighted by Gasteiger charge is 2.20. The third-order valence-corrected chi connectivity index (χ3v) is 4.59. The molecule has 1 aliphatic rings. The van der Waals surface area contributed by atoms with Crippen LogP contribution in [0.5, 0.6) is 0 Å². The number of benzene rings is 1. The van der Waals surface area contributed by atoms with Crippen molar-refractivity contribution >= 4 is 27.5 Å². The lowest BCUT2D eigenvalue weighted by molar-refractivity contribution is 0.454. The molecule has 3 rings (SSSR count). The van der Waals surface area contributed by atoms with Gasteiger partial charge in [0, 0.05) is 32.7 Å². The Kier molecular flexibility index (Phi) is 4.39. The Hall–Kier alpha value is -0.900. The van der Waals surface area contributed by atoms with Crippen molar-refractivity contribution in [1.82, 2.24) is 10.3 Å². The Balaban J connectivity index is 2.04. The fourth-order valence-corrected chi connectivity index (χ4v) is 3.55. The molecule has 1 aliphatic heterocycles. The maximum absolute atomic E-state index is 6.40. The molecule has 0 atom stereocenters. The van der Waals surface area contributed by atoms with Gasteiger partial charge in [-0.25, -0.2) is 0 Å². The average molecular weight is 352 g/mol. The van der Waals surface area contributed by atoms with Crippen LogP contribution in [0.2, 0.25) is 5.02 Å². The third-order valence-electron chi connectivity index (χ3n) is 3.79. The van der Waals surface area contributed by atoms with Crippen LogP contribution in [0, 0.1) is 0 Å². The summed E-state index contributed by atoms with van der Waals surface area (Å²) < 4.78 is 0.999. The monoisotopic (exact) mass is 350 g/mol. The van der Waals surface area contributed by atoms with Gasteiger partial charge in [-0.1, -0.05) is 39.7 Å². The van der Waals surface area contributed by atoms with Crippen LogP contribution >= 0.6 is 27.5 Å². The summed E-state index contributed by atoms with van der Waals surface area (Å²) >= 11 is 9.86. The van der Waals surface area contributed by atoms with E-state index < -0.39 is 0 Å². The zero-order valence-corrected chi connectivity index (χ0v) is 13.4. The molecular weight excluding hydrogens is 336 g/mol. The lowest BCUT2D eigenvalue weighted by Crippen LogP contribution is -2.27. The van der Waals surface area contributed by atoms with Crippen LogP contribution in [0.25, 0.3) is 11.1 Å². The molecule has 1 N–H and O–H groups in total. The summed E-state index contributed by atoms with van der Waals surface area (Å²) in [6.07, 6.45) is 4.16. The second-order valence-corrected chi connectivity index (χ2v) is 6.41. The number of pyridine rings is 1. The van der Waals surface area contributed by atoms with Gasteiger partial charge >= 0.3 is 0 Å². The molecule has 104 valence electrons. The molecule has 0 spiro atoms. The van der Waals surface area contributed by atoms with Crippen molar-refractivity contribution in [3.63, 3.8) is 0 Å². The normalized spacial score (nSPS) is 16.3. The smallest absolute Gasteiger partial charge is 0.0514 e. The average Bonchev–Trinajstić information content (AvgIpc) is 2.48. The summed E-state index contributed by atoms with van der Waals surface area (Å²) in [6, 6.07) is 10.1. The molecule has 1 aromatic carbocycles. The zero-order chi connectivity index (χ0) is 13.9. The predicted octanol–water partition coefficient (Wildman–Crippen LogP) is 4.63. The zero-order valence-electron chi connectivity index (χ0n) is 11.1. The van der Waals surface area contributed by atoms with Crippen LogP contribution in [-0.4, -0.2) is 18.1 Å². The molecule has 4 heteroatoms. The summed E-state index contributed by atoms with van der Waals surface area (Å²) in [4.78, 5) is 4.64. The second-order valence-electron chi connectivity index (χ2n) is 5.08. The van der Waals surface area contributed by atoms with E-state index in [2.05, 4.69) is 38.4 Å². The number of nitrogens with one attached hydrogen (secondary N) is 1. The number of aromatic nitrogens is 1. The lowest BCUT2D eigenvalue weighted by atomic mass is 9.89. The van der Waals surface area contributed by atoms with Crippen molar-refractivity contribution in [2.24, 2.45) is 0 Å². The summed E-state index contributed by atoms with van der Waals surface area (Å²) in [5.41, 5.74) is 3.41. The molecular formula is C16H16BrClN2. The van der Waals surface area contributed by atoms with Crippen molar-refractivity contribution in [2.75, 3.05) is 13.1 Å². The van der Waals surface area contributed by atoms with Crippen molar-refractivity contribution in [3.8, 4) is 11.1 Å². The van der Waals surface area contributed by atoms with Crippen LogP contribution < -0.4 is 5.32 Å². The van der Waals surface area contributed by atoms with Gasteiger partial charge in [0.25, 0.3) is 0 Å². The fraction of sp³-hybridized carbons (Fsp3) is 0.312. The molecule has 1 fully saturated rings. The number of halogens is 2. The van der Waals surface area contributed by atoms with E-state index in [1.54, 1.807) is 0 Å². The van der Waals surface area contributed by atoms with Gasteiger partial charge in [0.15, 0.2) is 0 Å². The van der Waals surface area contributed by atoms with E-state index in [9.17, 15) is 0 Å². The molecule has 2 heterocycles. The Labute approximate surface area is 132 Å². The van der Waals surface area contributed by atoms with E-state index in [0.29, 0.717) is 5.92 Å². The minimum absolute atomic E-state index is 0.521. The number of piperidine rings is 1. The molecule has 2 nitrogen and oxygen atoms in total. The molecule has 20 heavy (non-hydrogen) atoms. The van der Waals surface area contributed by atoms with E-state index in [0.717, 1.165) is 46.6 Å². The Bertz CT molecular complexity index is 609. The van der Waals surface area contributed by atoms with Crippen LogP contribution in [0.3, 0.4) is 0 Å². The maximum Gasteiger partial charge on any atom is 0.0514 e. The highest BCUT2D eigenvalue weighted by atomic mass is 79.9. The van der Waals surface area contributed by atoms with Crippen LogP contribution in [0.15, 0.2) is 41.0 Å². The van der Waals surface area contributed by atoms with E-state index in [-0.39, 0.29) is 0 Å². The minimum Gasteiger partial charge on any atom is -0.317 e. The van der Waals surface area contributed by atoms with Crippen molar-refractivity contribution in [3.05, 3.63) is 51.7 Å². The number of nitrogens with zero attached hydrogens (tertiary/aromatic N) is 1. The molecule has 0 radical (unpaired) electrons. The fourth-order valence-electron chi connectivity index (χ4n) is 2.77. The predicted molar refractivity (Wildman–Crippen MR) is 87.2 cm³/mol. The molecule has 1 aromatic heterocycles. The van der Waals surface area contributed by atoms with Crippen LogP contribution in [0.1, 0.15) is 24.5 Å². The van der Waals surface area contributed by atoms with Crippen molar-refractivity contribution in [2.45, 2.75) is 18.8 Å². The number of hydrogen-bond donors (Lipinski definition) is 1. The van der Waals surface area contributed by atoms with Gasteiger partial charge in [-0.15, -0.1) is 0 Å². The maximum atomic E-state index is 6.40. The standard InChI is InChI=1S/C16H16BrClN2/c17-12-3-4-13(15(18)10-12)14-2-1-7-20-16(14)11-5-8-19-9-6-11/h1-4,7,10-11,19H,5-6,8-9H2. The molecule has 0 bridgehead atoms. The van der Waals surface area contributed by atoms with Crippen molar-refractivity contribution in [1.29, 1.82) is 0 Å². The first-order chi connectivity index (χ1) is 9.75. The van der Waals surface area contributed by atoms with E-state index in [1.165, 1.54) is 5.69 Å². The topological polar surface area (TPSA) is 24.9 Å². The molecule has 1 saturated heterocycles. The minimum atomic E-state index is 0.521. The summed E-state index contributed by atoms with van der Waals surface area (Å²) in [5.74, 6) is 0.521. The number of rotatable bonds is 2. The van der Waals surface area contributed by atoms with Crippen molar-refractivity contribution < 1.29 is 0 Å². The van der Waals surface area contributed by atoms with E-state index >= 15 is 0 Å². The van der Waals surface area contributed by atoms with E-state index in [4.69, 9.17) is 11.6 Å². The Morgan fingerprint density at radius 3 is 2.70 bits per heavy atom. The molecule has 0 amide bonds.